The number of hydrogen-bond acceptors (Lipinski definition) is 4. The van der Waals surface area contributed by atoms with Crippen molar-refractivity contribution in [2.75, 3.05) is 20.8 Å². The van der Waals surface area contributed by atoms with Gasteiger partial charge in [0.1, 0.15) is 5.75 Å². The summed E-state index contributed by atoms with van der Waals surface area (Å²) in [5.41, 5.74) is 3.18. The number of ether oxygens (including phenoxy) is 2. The third-order valence-corrected chi connectivity index (χ3v) is 5.69. The van der Waals surface area contributed by atoms with E-state index in [1.807, 2.05) is 25.4 Å². The number of methoxy groups -OCH3 is 1. The van der Waals surface area contributed by atoms with Gasteiger partial charge in [0, 0.05) is 23.1 Å². The first kappa shape index (κ1) is 17.0. The van der Waals surface area contributed by atoms with E-state index in [0.29, 0.717) is 13.2 Å². The minimum absolute atomic E-state index is 0.199. The third-order valence-electron chi connectivity index (χ3n) is 5.69. The monoisotopic (exact) mass is 348 g/mol. The van der Waals surface area contributed by atoms with Crippen LogP contribution in [0.3, 0.4) is 0 Å². The number of nitrogens with zero attached hydrogens (tertiary/aromatic N) is 1. The Kier molecular flexibility index (Phi) is 4.39. The molecule has 3 aromatic rings. The first-order chi connectivity index (χ1) is 12.7. The van der Waals surface area contributed by atoms with Crippen molar-refractivity contribution in [3.05, 3.63) is 71.5 Å². The lowest BCUT2D eigenvalue weighted by Crippen LogP contribution is -2.51. The Hall–Kier alpha value is -2.43. The van der Waals surface area contributed by atoms with Gasteiger partial charge in [-0.2, -0.15) is 0 Å². The summed E-state index contributed by atoms with van der Waals surface area (Å²) in [6.45, 7) is 3.41. The molecule has 0 amide bonds. The number of pyridine rings is 1. The zero-order chi connectivity index (χ0) is 18.1. The van der Waals surface area contributed by atoms with E-state index in [1.54, 1.807) is 7.11 Å². The summed E-state index contributed by atoms with van der Waals surface area (Å²) in [5.74, 6) is 1.07. The van der Waals surface area contributed by atoms with Crippen molar-refractivity contribution in [1.29, 1.82) is 0 Å². The molecule has 0 radical (unpaired) electrons. The Morgan fingerprint density at radius 2 is 1.92 bits per heavy atom. The van der Waals surface area contributed by atoms with E-state index >= 15 is 0 Å². The predicted molar refractivity (Wildman–Crippen MR) is 104 cm³/mol. The maximum atomic E-state index is 5.99. The summed E-state index contributed by atoms with van der Waals surface area (Å²) in [6.07, 6.45) is 1.95. The number of rotatable bonds is 4. The van der Waals surface area contributed by atoms with Crippen LogP contribution >= 0.6 is 0 Å². The first-order valence-corrected chi connectivity index (χ1v) is 8.97. The molecule has 0 spiro atoms. The molecule has 0 fully saturated rings. The number of nitrogens with one attached hydrogen (secondary N) is 1. The highest BCUT2D eigenvalue weighted by molar-refractivity contribution is 5.87. The predicted octanol–water partition coefficient (Wildman–Crippen LogP) is 3.99. The lowest BCUT2D eigenvalue weighted by Gasteiger charge is -2.43. The second kappa shape index (κ2) is 6.71. The van der Waals surface area contributed by atoms with Gasteiger partial charge in [0.15, 0.2) is 0 Å². The molecule has 0 saturated heterocycles. The molecule has 2 atom stereocenters. The Morgan fingerprint density at radius 1 is 1.15 bits per heavy atom. The van der Waals surface area contributed by atoms with Gasteiger partial charge in [-0.1, -0.05) is 43.3 Å². The molecule has 1 aromatic heterocycles. The summed E-state index contributed by atoms with van der Waals surface area (Å²) in [7, 11) is 3.71. The molecule has 1 N–H and O–H groups in total. The quantitative estimate of drug-likeness (QED) is 0.774. The van der Waals surface area contributed by atoms with Crippen molar-refractivity contribution in [2.24, 2.45) is 0 Å². The van der Waals surface area contributed by atoms with Crippen molar-refractivity contribution in [2.45, 2.75) is 25.0 Å². The smallest absolute Gasteiger partial charge is 0.118 e. The molecule has 4 nitrogen and oxygen atoms in total. The Bertz CT molecular complexity index is 923. The van der Waals surface area contributed by atoms with E-state index in [4.69, 9.17) is 14.5 Å². The van der Waals surface area contributed by atoms with Crippen LogP contribution in [0.2, 0.25) is 0 Å². The van der Waals surface area contributed by atoms with Crippen LogP contribution in [0.4, 0.5) is 0 Å². The molecule has 26 heavy (non-hydrogen) atoms. The van der Waals surface area contributed by atoms with Gasteiger partial charge in [-0.25, -0.2) is 0 Å². The summed E-state index contributed by atoms with van der Waals surface area (Å²) in [6, 6.07) is 16.8. The van der Waals surface area contributed by atoms with Crippen LogP contribution in [-0.2, 0) is 16.9 Å². The Labute approximate surface area is 154 Å². The van der Waals surface area contributed by atoms with E-state index in [-0.39, 0.29) is 11.5 Å². The average Bonchev–Trinajstić information content (AvgIpc) is 2.72. The molecule has 134 valence electrons. The molecular weight excluding hydrogens is 324 g/mol. The van der Waals surface area contributed by atoms with Gasteiger partial charge in [-0.3, -0.25) is 4.98 Å². The average molecular weight is 348 g/mol. The molecule has 4 heteroatoms. The minimum Gasteiger partial charge on any atom is -0.497 e. The number of hydrogen-bond donors (Lipinski definition) is 1. The molecular formula is C22H24N2O2. The Morgan fingerprint density at radius 3 is 2.65 bits per heavy atom. The van der Waals surface area contributed by atoms with Gasteiger partial charge >= 0.3 is 0 Å². The van der Waals surface area contributed by atoms with Gasteiger partial charge in [0.05, 0.1) is 31.6 Å². The molecule has 1 unspecified atom stereocenters. The van der Waals surface area contributed by atoms with Crippen molar-refractivity contribution >= 4 is 10.8 Å². The van der Waals surface area contributed by atoms with Crippen LogP contribution in [0.5, 0.6) is 5.75 Å². The molecule has 4 rings (SSSR count). The van der Waals surface area contributed by atoms with Gasteiger partial charge < -0.3 is 14.8 Å². The highest BCUT2D eigenvalue weighted by Gasteiger charge is 2.43. The van der Waals surface area contributed by atoms with Crippen LogP contribution in [0.25, 0.3) is 10.8 Å². The molecule has 2 heterocycles. The lowest BCUT2D eigenvalue weighted by molar-refractivity contribution is 0.0270. The number of fused-ring (bicyclic) bond motifs is 3. The summed E-state index contributed by atoms with van der Waals surface area (Å²) >= 11 is 0. The molecule has 1 aliphatic heterocycles. The van der Waals surface area contributed by atoms with E-state index in [9.17, 15) is 0 Å². The van der Waals surface area contributed by atoms with Gasteiger partial charge in [0.2, 0.25) is 0 Å². The molecule has 1 aliphatic rings. The highest BCUT2D eigenvalue weighted by atomic mass is 16.5. The van der Waals surface area contributed by atoms with Gasteiger partial charge in [0.25, 0.3) is 0 Å². The van der Waals surface area contributed by atoms with Crippen LogP contribution < -0.4 is 10.1 Å². The van der Waals surface area contributed by atoms with Crippen LogP contribution in [0, 0.1) is 0 Å². The zero-order valence-corrected chi connectivity index (χ0v) is 15.5. The Balaban J connectivity index is 1.90. The van der Waals surface area contributed by atoms with Crippen LogP contribution in [0.1, 0.15) is 29.7 Å². The first-order valence-electron chi connectivity index (χ1n) is 8.97. The van der Waals surface area contributed by atoms with E-state index in [0.717, 1.165) is 16.8 Å². The second-order valence-electron chi connectivity index (χ2n) is 6.88. The fourth-order valence-corrected chi connectivity index (χ4v) is 4.13. The van der Waals surface area contributed by atoms with Crippen LogP contribution in [0.15, 0.2) is 54.7 Å². The summed E-state index contributed by atoms with van der Waals surface area (Å²) < 4.78 is 11.3. The molecule has 0 saturated carbocycles. The normalized spacial score (nSPS) is 20.6. The van der Waals surface area contributed by atoms with Crippen molar-refractivity contribution in [1.82, 2.24) is 10.3 Å². The third kappa shape index (κ3) is 2.57. The lowest BCUT2D eigenvalue weighted by atomic mass is 9.73. The fourth-order valence-electron chi connectivity index (χ4n) is 4.13. The van der Waals surface area contributed by atoms with Crippen molar-refractivity contribution in [3.8, 4) is 5.75 Å². The van der Waals surface area contributed by atoms with Crippen molar-refractivity contribution in [3.63, 3.8) is 0 Å². The van der Waals surface area contributed by atoms with E-state index in [2.05, 4.69) is 48.6 Å². The van der Waals surface area contributed by atoms with Crippen molar-refractivity contribution < 1.29 is 9.47 Å². The maximum absolute atomic E-state index is 5.99. The SMILES string of the molecule is CNC1([C@H](C)c2ccc(OC)cc2)COCc2ncc3ccccc3c21. The van der Waals surface area contributed by atoms with E-state index in [1.165, 1.54) is 16.5 Å². The maximum Gasteiger partial charge on any atom is 0.118 e. The second-order valence-corrected chi connectivity index (χ2v) is 6.88. The summed E-state index contributed by atoms with van der Waals surface area (Å²) in [5, 5.41) is 6.00. The number of likely N-dealkylation sites (N-methyl/N-ethyl adjacent to an activating group) is 1. The molecule has 2 aromatic carbocycles. The number of benzene rings is 2. The van der Waals surface area contributed by atoms with E-state index < -0.39 is 0 Å². The van der Waals surface area contributed by atoms with Crippen LogP contribution in [-0.4, -0.2) is 25.7 Å². The van der Waals surface area contributed by atoms with Gasteiger partial charge in [-0.15, -0.1) is 0 Å². The molecule has 0 bridgehead atoms. The standard InChI is InChI=1S/C22H24N2O2/c1-15(16-8-10-18(25-3)11-9-16)22(23-2)14-26-13-20-21(22)19-7-5-4-6-17(19)12-24-20/h4-12,15,23H,13-14H2,1-3H3/t15-,22?/m1/s1. The summed E-state index contributed by atoms with van der Waals surface area (Å²) in [4.78, 5) is 4.71. The largest absolute Gasteiger partial charge is 0.497 e. The zero-order valence-electron chi connectivity index (χ0n) is 15.5. The topological polar surface area (TPSA) is 43.4 Å². The minimum atomic E-state index is -0.337. The molecule has 0 aliphatic carbocycles. The number of aromatic nitrogens is 1. The fraction of sp³-hybridized carbons (Fsp3) is 0.318. The van der Waals surface area contributed by atoms with Gasteiger partial charge in [-0.05, 0) is 30.1 Å². The highest BCUT2D eigenvalue weighted by Crippen LogP contribution is 2.44.